The molecule has 19 heavy (non-hydrogen) atoms. The van der Waals surface area contributed by atoms with Crippen molar-refractivity contribution < 1.29 is 13.7 Å². The van der Waals surface area contributed by atoms with E-state index in [4.69, 9.17) is 13.7 Å². The molecule has 5 nitrogen and oxygen atoms in total. The van der Waals surface area contributed by atoms with Gasteiger partial charge < -0.3 is 13.7 Å². The van der Waals surface area contributed by atoms with Crippen molar-refractivity contribution in [1.82, 2.24) is 10.1 Å². The molecule has 0 fully saturated rings. The molecule has 0 amide bonds. The molecule has 0 radical (unpaired) electrons. The molecule has 1 atom stereocenters. The fraction of sp³-hybridized carbons (Fsp3) is 0.286. The maximum absolute atomic E-state index is 5.46. The van der Waals surface area contributed by atoms with E-state index in [-0.39, 0.29) is 6.10 Å². The first-order chi connectivity index (χ1) is 9.29. The minimum Gasteiger partial charge on any atom is -0.463 e. The number of nitrogens with zero attached hydrogens (tertiary/aromatic N) is 2. The second-order valence-electron chi connectivity index (χ2n) is 4.20. The lowest BCUT2D eigenvalue weighted by atomic mass is 10.2. The predicted molar refractivity (Wildman–Crippen MR) is 69.5 cm³/mol. The van der Waals surface area contributed by atoms with Gasteiger partial charge in [-0.05, 0) is 19.9 Å². The zero-order valence-corrected chi connectivity index (χ0v) is 10.8. The third-order valence-electron chi connectivity index (χ3n) is 2.93. The van der Waals surface area contributed by atoms with Crippen molar-refractivity contribution >= 4 is 11.0 Å². The molecular weight excluding hydrogens is 244 g/mol. The van der Waals surface area contributed by atoms with Gasteiger partial charge in [0, 0.05) is 12.0 Å². The van der Waals surface area contributed by atoms with Crippen LogP contribution in [-0.4, -0.2) is 16.7 Å². The molecular formula is C14H14N2O3. The van der Waals surface area contributed by atoms with Gasteiger partial charge in [-0.1, -0.05) is 23.4 Å². The Bertz CT molecular complexity index is 687. The molecule has 2 heterocycles. The van der Waals surface area contributed by atoms with Crippen molar-refractivity contribution in [2.45, 2.75) is 20.0 Å². The van der Waals surface area contributed by atoms with Crippen LogP contribution in [0.25, 0.3) is 22.4 Å². The number of benzene rings is 1. The van der Waals surface area contributed by atoms with Gasteiger partial charge in [-0.2, -0.15) is 4.98 Å². The Kier molecular flexibility index (Phi) is 3.05. The fourth-order valence-electron chi connectivity index (χ4n) is 1.98. The number of ether oxygens (including phenoxy) is 1. The van der Waals surface area contributed by atoms with Crippen LogP contribution in [0.3, 0.4) is 0 Å². The van der Waals surface area contributed by atoms with E-state index in [9.17, 15) is 0 Å². The first kappa shape index (κ1) is 11.9. The van der Waals surface area contributed by atoms with Gasteiger partial charge in [0.05, 0.1) is 5.56 Å². The van der Waals surface area contributed by atoms with Crippen LogP contribution in [0, 0.1) is 0 Å². The van der Waals surface area contributed by atoms with Crippen LogP contribution in [0.15, 0.2) is 39.5 Å². The van der Waals surface area contributed by atoms with Crippen LogP contribution in [0.1, 0.15) is 25.8 Å². The molecule has 0 bridgehead atoms. The molecule has 0 spiro atoms. The molecule has 0 aliphatic carbocycles. The molecule has 0 unspecified atom stereocenters. The first-order valence-electron chi connectivity index (χ1n) is 6.21. The molecule has 1 aromatic carbocycles. The standard InChI is InChI=1S/C14H14N2O3/c1-3-17-9(2)13-15-14(19-16-13)11-8-18-12-7-5-4-6-10(11)12/h4-9H,3H2,1-2H3/t9-/m1/s1. The minimum atomic E-state index is -0.180. The fourth-order valence-corrected chi connectivity index (χ4v) is 1.98. The number of para-hydroxylation sites is 1. The van der Waals surface area contributed by atoms with Crippen LogP contribution in [0.2, 0.25) is 0 Å². The number of hydrogen-bond acceptors (Lipinski definition) is 5. The molecule has 0 N–H and O–H groups in total. The lowest BCUT2D eigenvalue weighted by molar-refractivity contribution is 0.0683. The highest BCUT2D eigenvalue weighted by molar-refractivity contribution is 5.91. The molecule has 5 heteroatoms. The first-order valence-corrected chi connectivity index (χ1v) is 6.21. The van der Waals surface area contributed by atoms with Crippen molar-refractivity contribution in [3.8, 4) is 11.5 Å². The number of furan rings is 1. The van der Waals surface area contributed by atoms with E-state index >= 15 is 0 Å². The zero-order valence-electron chi connectivity index (χ0n) is 10.8. The normalized spacial score (nSPS) is 12.9. The van der Waals surface area contributed by atoms with Crippen LogP contribution in [-0.2, 0) is 4.74 Å². The highest BCUT2D eigenvalue weighted by atomic mass is 16.5. The number of aromatic nitrogens is 2. The van der Waals surface area contributed by atoms with Crippen LogP contribution in [0.4, 0.5) is 0 Å². The average molecular weight is 258 g/mol. The Morgan fingerprint density at radius 3 is 3.00 bits per heavy atom. The topological polar surface area (TPSA) is 61.3 Å². The lowest BCUT2D eigenvalue weighted by Gasteiger charge is -2.04. The highest BCUT2D eigenvalue weighted by Crippen LogP contribution is 2.30. The average Bonchev–Trinajstić information content (AvgIpc) is 3.05. The molecule has 3 rings (SSSR count). The summed E-state index contributed by atoms with van der Waals surface area (Å²) in [5.41, 5.74) is 1.60. The summed E-state index contributed by atoms with van der Waals surface area (Å²) in [5.74, 6) is 0.994. The van der Waals surface area contributed by atoms with Crippen molar-refractivity contribution in [2.24, 2.45) is 0 Å². The van der Waals surface area contributed by atoms with Gasteiger partial charge >= 0.3 is 0 Å². The maximum Gasteiger partial charge on any atom is 0.261 e. The highest BCUT2D eigenvalue weighted by Gasteiger charge is 2.17. The summed E-state index contributed by atoms with van der Waals surface area (Å²) in [5, 5.41) is 4.90. The smallest absolute Gasteiger partial charge is 0.261 e. The summed E-state index contributed by atoms with van der Waals surface area (Å²) >= 11 is 0. The second-order valence-corrected chi connectivity index (χ2v) is 4.20. The van der Waals surface area contributed by atoms with E-state index in [0.717, 1.165) is 16.5 Å². The Morgan fingerprint density at radius 2 is 2.16 bits per heavy atom. The molecule has 3 aromatic rings. The quantitative estimate of drug-likeness (QED) is 0.715. The van der Waals surface area contributed by atoms with Gasteiger partial charge in [0.15, 0.2) is 0 Å². The molecule has 0 aliphatic rings. The molecule has 0 saturated heterocycles. The van der Waals surface area contributed by atoms with Crippen molar-refractivity contribution in [3.05, 3.63) is 36.4 Å². The van der Waals surface area contributed by atoms with Gasteiger partial charge in [0.2, 0.25) is 5.82 Å². The van der Waals surface area contributed by atoms with Gasteiger partial charge in [0.25, 0.3) is 5.89 Å². The summed E-state index contributed by atoms with van der Waals surface area (Å²) in [4.78, 5) is 4.36. The molecule has 0 aliphatic heterocycles. The van der Waals surface area contributed by atoms with Gasteiger partial charge in [-0.15, -0.1) is 0 Å². The minimum absolute atomic E-state index is 0.180. The van der Waals surface area contributed by atoms with Gasteiger partial charge in [-0.3, -0.25) is 0 Å². The Morgan fingerprint density at radius 1 is 1.32 bits per heavy atom. The van der Waals surface area contributed by atoms with Crippen molar-refractivity contribution in [2.75, 3.05) is 6.61 Å². The van der Waals surface area contributed by atoms with Crippen LogP contribution < -0.4 is 0 Å². The molecule has 98 valence electrons. The Hall–Kier alpha value is -2.14. The predicted octanol–water partition coefficient (Wildman–Crippen LogP) is 3.58. The third kappa shape index (κ3) is 2.13. The monoisotopic (exact) mass is 258 g/mol. The lowest BCUT2D eigenvalue weighted by Crippen LogP contribution is -2.01. The maximum atomic E-state index is 5.46. The zero-order chi connectivity index (χ0) is 13.2. The summed E-state index contributed by atoms with van der Waals surface area (Å²) in [6, 6.07) is 7.73. The summed E-state index contributed by atoms with van der Waals surface area (Å²) < 4.78 is 16.2. The Balaban J connectivity index is 1.98. The van der Waals surface area contributed by atoms with E-state index in [1.807, 2.05) is 38.1 Å². The van der Waals surface area contributed by atoms with E-state index in [1.165, 1.54) is 0 Å². The van der Waals surface area contributed by atoms with E-state index in [1.54, 1.807) is 6.26 Å². The number of fused-ring (bicyclic) bond motifs is 1. The van der Waals surface area contributed by atoms with Gasteiger partial charge in [-0.25, -0.2) is 0 Å². The number of hydrogen-bond donors (Lipinski definition) is 0. The van der Waals surface area contributed by atoms with Gasteiger partial charge in [0.1, 0.15) is 18.0 Å². The van der Waals surface area contributed by atoms with Crippen molar-refractivity contribution in [1.29, 1.82) is 0 Å². The molecule has 2 aromatic heterocycles. The van der Waals surface area contributed by atoms with Crippen LogP contribution in [0.5, 0.6) is 0 Å². The second kappa shape index (κ2) is 4.85. The summed E-state index contributed by atoms with van der Waals surface area (Å²) in [6.07, 6.45) is 1.45. The van der Waals surface area contributed by atoms with Crippen molar-refractivity contribution in [3.63, 3.8) is 0 Å². The summed E-state index contributed by atoms with van der Waals surface area (Å²) in [7, 11) is 0. The SMILES string of the molecule is CCO[C@H](C)c1noc(-c2coc3ccccc23)n1. The number of rotatable bonds is 4. The molecule has 0 saturated carbocycles. The van der Waals surface area contributed by atoms with E-state index in [2.05, 4.69) is 10.1 Å². The summed E-state index contributed by atoms with van der Waals surface area (Å²) in [6.45, 7) is 4.44. The largest absolute Gasteiger partial charge is 0.463 e. The third-order valence-corrected chi connectivity index (χ3v) is 2.93. The Labute approximate surface area is 110 Å². The van der Waals surface area contributed by atoms with Crippen LogP contribution >= 0.6 is 0 Å². The van der Waals surface area contributed by atoms with E-state index in [0.29, 0.717) is 18.3 Å². The van der Waals surface area contributed by atoms with E-state index < -0.39 is 0 Å².